The third-order valence-corrected chi connectivity index (χ3v) is 6.45. The Morgan fingerprint density at radius 3 is 2.32 bits per heavy atom. The summed E-state index contributed by atoms with van der Waals surface area (Å²) in [5.74, 6) is 0. The van der Waals surface area contributed by atoms with Crippen molar-refractivity contribution < 1.29 is 18.1 Å². The molecule has 2 amide bonds. The van der Waals surface area contributed by atoms with Gasteiger partial charge in [-0.2, -0.15) is 4.31 Å². The van der Waals surface area contributed by atoms with Crippen molar-refractivity contribution in [3.8, 4) is 0 Å². The van der Waals surface area contributed by atoms with Crippen LogP contribution in [0.5, 0.6) is 0 Å². The van der Waals surface area contributed by atoms with Crippen molar-refractivity contribution >= 4 is 44.7 Å². The van der Waals surface area contributed by atoms with E-state index < -0.39 is 21.0 Å². The fourth-order valence-corrected chi connectivity index (χ4v) is 4.50. The molecule has 28 heavy (non-hydrogen) atoms. The molecule has 2 N–H and O–H groups in total. The number of non-ortho nitro benzene ring substituents is 1. The maximum atomic E-state index is 12.7. The SMILES string of the molecule is O=C(Nc1ccc([N+](=O)[O-])cc1)Nc1cc(S(=O)(=O)N2CCCC2)ccc1Cl. The third-order valence-electron chi connectivity index (χ3n) is 4.22. The van der Waals surface area contributed by atoms with Crippen molar-refractivity contribution in [2.75, 3.05) is 23.7 Å². The molecule has 0 saturated carbocycles. The van der Waals surface area contributed by atoms with Crippen LogP contribution in [0, 0.1) is 10.1 Å². The highest BCUT2D eigenvalue weighted by atomic mass is 35.5. The molecule has 148 valence electrons. The van der Waals surface area contributed by atoms with E-state index in [-0.39, 0.29) is 21.3 Å². The van der Waals surface area contributed by atoms with E-state index in [2.05, 4.69) is 10.6 Å². The van der Waals surface area contributed by atoms with Gasteiger partial charge >= 0.3 is 6.03 Å². The van der Waals surface area contributed by atoms with Crippen LogP contribution < -0.4 is 10.6 Å². The molecule has 0 bridgehead atoms. The summed E-state index contributed by atoms with van der Waals surface area (Å²) in [5, 5.41) is 15.8. The third kappa shape index (κ3) is 4.41. The smallest absolute Gasteiger partial charge is 0.308 e. The molecule has 1 aliphatic rings. The summed E-state index contributed by atoms with van der Waals surface area (Å²) < 4.78 is 26.7. The van der Waals surface area contributed by atoms with Crippen LogP contribution in [0.25, 0.3) is 0 Å². The zero-order valence-electron chi connectivity index (χ0n) is 14.6. The molecule has 0 spiro atoms. The summed E-state index contributed by atoms with van der Waals surface area (Å²) in [7, 11) is -3.65. The van der Waals surface area contributed by atoms with Crippen LogP contribution in [0.4, 0.5) is 21.9 Å². The summed E-state index contributed by atoms with van der Waals surface area (Å²) in [6.45, 7) is 0.933. The molecule has 9 nitrogen and oxygen atoms in total. The van der Waals surface area contributed by atoms with Gasteiger partial charge in [-0.25, -0.2) is 13.2 Å². The summed E-state index contributed by atoms with van der Waals surface area (Å²) in [4.78, 5) is 22.4. The summed E-state index contributed by atoms with van der Waals surface area (Å²) in [5.41, 5.74) is 0.371. The van der Waals surface area contributed by atoms with Crippen LogP contribution in [-0.2, 0) is 10.0 Å². The van der Waals surface area contributed by atoms with E-state index in [0.29, 0.717) is 18.8 Å². The average Bonchev–Trinajstić information content (AvgIpc) is 3.19. The number of carbonyl (C=O) groups is 1. The number of benzene rings is 2. The first-order chi connectivity index (χ1) is 13.3. The molecule has 2 aromatic rings. The topological polar surface area (TPSA) is 122 Å². The zero-order chi connectivity index (χ0) is 20.3. The number of nitro benzene ring substituents is 1. The van der Waals surface area contributed by atoms with Gasteiger partial charge in [0.25, 0.3) is 5.69 Å². The van der Waals surface area contributed by atoms with Crippen LogP contribution >= 0.6 is 11.6 Å². The number of nitrogens with zero attached hydrogens (tertiary/aromatic N) is 2. The minimum Gasteiger partial charge on any atom is -0.308 e. The van der Waals surface area contributed by atoms with Crippen LogP contribution in [0.15, 0.2) is 47.4 Å². The number of anilines is 2. The fraction of sp³-hybridized carbons (Fsp3) is 0.235. The molecule has 11 heteroatoms. The lowest BCUT2D eigenvalue weighted by Crippen LogP contribution is -2.28. The normalized spacial score (nSPS) is 14.6. The van der Waals surface area contributed by atoms with Crippen molar-refractivity contribution in [3.05, 3.63) is 57.6 Å². The molecule has 1 saturated heterocycles. The van der Waals surface area contributed by atoms with Gasteiger partial charge in [0.2, 0.25) is 10.0 Å². The molecule has 3 rings (SSSR count). The Morgan fingerprint density at radius 2 is 1.71 bits per heavy atom. The fourth-order valence-electron chi connectivity index (χ4n) is 2.79. The van der Waals surface area contributed by atoms with Crippen molar-refractivity contribution in [1.29, 1.82) is 0 Å². The number of nitrogens with one attached hydrogen (secondary N) is 2. The first-order valence-corrected chi connectivity index (χ1v) is 10.2. The van der Waals surface area contributed by atoms with Gasteiger partial charge in [-0.05, 0) is 43.2 Å². The second-order valence-corrected chi connectivity index (χ2v) is 8.48. The summed E-state index contributed by atoms with van der Waals surface area (Å²) in [6.07, 6.45) is 1.63. The second kappa shape index (κ2) is 8.13. The first-order valence-electron chi connectivity index (χ1n) is 8.39. The number of urea groups is 1. The largest absolute Gasteiger partial charge is 0.323 e. The number of amides is 2. The molecule has 0 radical (unpaired) electrons. The Hall–Kier alpha value is -2.69. The van der Waals surface area contributed by atoms with Crippen LogP contribution in [0.2, 0.25) is 5.02 Å². The highest BCUT2D eigenvalue weighted by Gasteiger charge is 2.27. The molecule has 2 aromatic carbocycles. The first kappa shape index (κ1) is 20.1. The number of carbonyl (C=O) groups excluding carboxylic acids is 1. The van der Waals surface area contributed by atoms with Crippen molar-refractivity contribution in [3.63, 3.8) is 0 Å². The van der Waals surface area contributed by atoms with Gasteiger partial charge in [-0.1, -0.05) is 11.6 Å². The minimum absolute atomic E-state index is 0.0458. The summed E-state index contributed by atoms with van der Waals surface area (Å²) in [6, 6.07) is 8.73. The molecule has 0 aliphatic carbocycles. The monoisotopic (exact) mass is 424 g/mol. The van der Waals surface area contributed by atoms with Gasteiger partial charge in [-0.3, -0.25) is 10.1 Å². The van der Waals surface area contributed by atoms with Crippen LogP contribution in [-0.4, -0.2) is 36.8 Å². The Morgan fingerprint density at radius 1 is 1.07 bits per heavy atom. The predicted molar refractivity (Wildman–Crippen MR) is 105 cm³/mol. The number of nitro groups is 1. The maximum Gasteiger partial charge on any atom is 0.323 e. The van der Waals surface area contributed by atoms with E-state index in [1.807, 2.05) is 0 Å². The standard InChI is InChI=1S/C17H17ClN4O5S/c18-15-8-7-14(28(26,27)21-9-1-2-10-21)11-16(15)20-17(23)19-12-3-5-13(6-4-12)22(24)25/h3-8,11H,1-2,9-10H2,(H2,19,20,23). The molecular weight excluding hydrogens is 408 g/mol. The lowest BCUT2D eigenvalue weighted by atomic mass is 10.3. The molecule has 1 heterocycles. The van der Waals surface area contributed by atoms with Gasteiger partial charge < -0.3 is 10.6 Å². The Bertz CT molecular complexity index is 1000. The van der Waals surface area contributed by atoms with Crippen LogP contribution in [0.1, 0.15) is 12.8 Å². The molecule has 0 unspecified atom stereocenters. The Kier molecular flexibility index (Phi) is 5.82. The van der Waals surface area contributed by atoms with E-state index in [0.717, 1.165) is 12.8 Å². The number of halogens is 1. The predicted octanol–water partition coefficient (Wildman–Crippen LogP) is 3.68. The van der Waals surface area contributed by atoms with Crippen molar-refractivity contribution in [1.82, 2.24) is 4.31 Å². The van der Waals surface area contributed by atoms with Gasteiger partial charge in [0.05, 0.1) is 20.5 Å². The van der Waals surface area contributed by atoms with E-state index in [1.54, 1.807) is 0 Å². The Labute approximate surface area is 166 Å². The van der Waals surface area contributed by atoms with E-state index in [9.17, 15) is 23.3 Å². The lowest BCUT2D eigenvalue weighted by molar-refractivity contribution is -0.384. The highest BCUT2D eigenvalue weighted by Crippen LogP contribution is 2.28. The van der Waals surface area contributed by atoms with E-state index in [1.165, 1.54) is 46.8 Å². The molecule has 0 atom stereocenters. The highest BCUT2D eigenvalue weighted by molar-refractivity contribution is 7.89. The number of hydrogen-bond acceptors (Lipinski definition) is 5. The van der Waals surface area contributed by atoms with E-state index in [4.69, 9.17) is 11.6 Å². The quantitative estimate of drug-likeness (QED) is 0.560. The average molecular weight is 425 g/mol. The number of hydrogen-bond donors (Lipinski definition) is 2. The molecule has 1 aliphatic heterocycles. The van der Waals surface area contributed by atoms with Gasteiger partial charge in [-0.15, -0.1) is 0 Å². The molecule has 1 fully saturated rings. The van der Waals surface area contributed by atoms with E-state index >= 15 is 0 Å². The summed E-state index contributed by atoms with van der Waals surface area (Å²) >= 11 is 6.08. The number of sulfonamides is 1. The number of rotatable bonds is 5. The van der Waals surface area contributed by atoms with Gasteiger partial charge in [0, 0.05) is 30.9 Å². The molecule has 0 aromatic heterocycles. The second-order valence-electron chi connectivity index (χ2n) is 6.14. The lowest BCUT2D eigenvalue weighted by Gasteiger charge is -2.17. The van der Waals surface area contributed by atoms with Gasteiger partial charge in [0.15, 0.2) is 0 Å². The Balaban J connectivity index is 1.74. The molecular formula is C17H17ClN4O5S. The zero-order valence-corrected chi connectivity index (χ0v) is 16.2. The minimum atomic E-state index is -3.65. The van der Waals surface area contributed by atoms with Gasteiger partial charge in [0.1, 0.15) is 0 Å². The maximum absolute atomic E-state index is 12.7. The van der Waals surface area contributed by atoms with Crippen LogP contribution in [0.3, 0.4) is 0 Å². The van der Waals surface area contributed by atoms with Crippen molar-refractivity contribution in [2.45, 2.75) is 17.7 Å². The van der Waals surface area contributed by atoms with Crippen molar-refractivity contribution in [2.24, 2.45) is 0 Å².